The van der Waals surface area contributed by atoms with Crippen molar-refractivity contribution in [1.29, 1.82) is 0 Å². The van der Waals surface area contributed by atoms with Gasteiger partial charge in [-0.05, 0) is 24.3 Å². The molecule has 0 saturated carbocycles. The van der Waals surface area contributed by atoms with Crippen molar-refractivity contribution in [3.8, 4) is 0 Å². The number of rotatable bonds is 4. The molecule has 0 bridgehead atoms. The lowest BCUT2D eigenvalue weighted by Crippen LogP contribution is -2.33. The quantitative estimate of drug-likeness (QED) is 0.742. The number of hydrogen-bond acceptors (Lipinski definition) is 6. The summed E-state index contributed by atoms with van der Waals surface area (Å²) >= 11 is 1.33. The van der Waals surface area contributed by atoms with Gasteiger partial charge in [-0.1, -0.05) is 35.6 Å². The molecule has 3 aromatic rings. The third kappa shape index (κ3) is 2.74. The molecule has 0 atom stereocenters. The Morgan fingerprint density at radius 2 is 1.85 bits per heavy atom. The molecule has 4 rings (SSSR count). The van der Waals surface area contributed by atoms with Gasteiger partial charge in [0, 0.05) is 13.0 Å². The molecule has 2 amide bonds. The van der Waals surface area contributed by atoms with Gasteiger partial charge in [-0.15, -0.1) is 0 Å². The van der Waals surface area contributed by atoms with Crippen LogP contribution in [0.15, 0.2) is 53.4 Å². The fraction of sp³-hybridized carbons (Fsp3) is 0.118. The van der Waals surface area contributed by atoms with Crippen LogP contribution in [0.25, 0.3) is 10.2 Å². The van der Waals surface area contributed by atoms with Gasteiger partial charge < -0.3 is 5.32 Å². The smallest absolute Gasteiger partial charge is 0.269 e. The van der Waals surface area contributed by atoms with E-state index in [-0.39, 0.29) is 23.4 Å². The van der Waals surface area contributed by atoms with E-state index in [1.54, 1.807) is 12.1 Å². The summed E-state index contributed by atoms with van der Waals surface area (Å²) in [6, 6.07) is 13.5. The summed E-state index contributed by atoms with van der Waals surface area (Å²) in [4.78, 5) is 28.7. The van der Waals surface area contributed by atoms with E-state index in [0.717, 1.165) is 14.5 Å². The Hall–Kier alpha value is -2.78. The fourth-order valence-corrected chi connectivity index (χ4v) is 5.21. The Labute approximate surface area is 153 Å². The van der Waals surface area contributed by atoms with Crippen LogP contribution in [0.2, 0.25) is 0 Å². The van der Waals surface area contributed by atoms with E-state index in [1.807, 2.05) is 24.3 Å². The van der Waals surface area contributed by atoms with Crippen LogP contribution < -0.4 is 5.32 Å². The van der Waals surface area contributed by atoms with E-state index in [0.29, 0.717) is 5.13 Å². The Morgan fingerprint density at radius 3 is 2.62 bits per heavy atom. The number of carbonyl (C=O) groups excluding carboxylic acids is 2. The zero-order valence-corrected chi connectivity index (χ0v) is 15.0. The predicted molar refractivity (Wildman–Crippen MR) is 97.5 cm³/mol. The number of amides is 2. The largest absolute Gasteiger partial charge is 0.302 e. The number of benzene rings is 2. The maximum Gasteiger partial charge on any atom is 0.269 e. The minimum absolute atomic E-state index is 0.0171. The lowest BCUT2D eigenvalue weighted by atomic mass is 10.2. The molecule has 132 valence electrons. The molecule has 0 radical (unpaired) electrons. The first-order valence-electron chi connectivity index (χ1n) is 7.78. The van der Waals surface area contributed by atoms with E-state index in [2.05, 4.69) is 10.3 Å². The monoisotopic (exact) mass is 387 g/mol. The van der Waals surface area contributed by atoms with Gasteiger partial charge in [0.25, 0.3) is 15.9 Å². The average molecular weight is 387 g/mol. The molecule has 7 nitrogen and oxygen atoms in total. The summed E-state index contributed by atoms with van der Waals surface area (Å²) < 4.78 is 26.6. The molecule has 2 aromatic carbocycles. The molecule has 0 aliphatic carbocycles. The predicted octanol–water partition coefficient (Wildman–Crippen LogP) is 2.47. The van der Waals surface area contributed by atoms with Gasteiger partial charge in [0.05, 0.1) is 15.8 Å². The number of para-hydroxylation sites is 1. The first-order chi connectivity index (χ1) is 12.5. The molecular weight excluding hydrogens is 374 g/mol. The van der Waals surface area contributed by atoms with Crippen molar-refractivity contribution < 1.29 is 18.0 Å². The highest BCUT2D eigenvalue weighted by Crippen LogP contribution is 2.30. The summed E-state index contributed by atoms with van der Waals surface area (Å²) in [5.41, 5.74) is 0.916. The van der Waals surface area contributed by atoms with Gasteiger partial charge in [-0.25, -0.2) is 17.7 Å². The number of nitrogens with one attached hydrogen (secondary N) is 1. The van der Waals surface area contributed by atoms with Crippen molar-refractivity contribution in [3.05, 3.63) is 54.1 Å². The van der Waals surface area contributed by atoms with Gasteiger partial charge in [0.15, 0.2) is 5.13 Å². The van der Waals surface area contributed by atoms with Crippen LogP contribution in [0.1, 0.15) is 16.8 Å². The van der Waals surface area contributed by atoms with Crippen LogP contribution in [-0.2, 0) is 14.8 Å². The average Bonchev–Trinajstić information content (AvgIpc) is 3.11. The van der Waals surface area contributed by atoms with Crippen molar-refractivity contribution in [3.63, 3.8) is 0 Å². The van der Waals surface area contributed by atoms with Crippen molar-refractivity contribution in [2.75, 3.05) is 11.9 Å². The van der Waals surface area contributed by atoms with Crippen LogP contribution in [0.4, 0.5) is 5.13 Å². The highest BCUT2D eigenvalue weighted by Gasteiger charge is 2.40. The van der Waals surface area contributed by atoms with Crippen LogP contribution >= 0.6 is 11.3 Å². The number of aromatic nitrogens is 1. The lowest BCUT2D eigenvalue weighted by molar-refractivity contribution is -0.116. The highest BCUT2D eigenvalue weighted by atomic mass is 32.2. The molecule has 1 N–H and O–H groups in total. The number of carbonyl (C=O) groups is 2. The molecule has 0 unspecified atom stereocenters. The molecule has 2 heterocycles. The Bertz CT molecular complexity index is 1100. The minimum Gasteiger partial charge on any atom is -0.302 e. The maximum absolute atomic E-state index is 12.4. The standard InChI is InChI=1S/C17H13N3O4S2/c21-15(19-17-18-12-6-2-3-7-13(12)25-17)9-10-20-16(22)11-5-1-4-8-14(11)26(20,23)24/h1-8H,9-10H2,(H,18,19,21). The van der Waals surface area contributed by atoms with E-state index in [4.69, 9.17) is 0 Å². The summed E-state index contributed by atoms with van der Waals surface area (Å²) in [6.07, 6.45) is -0.144. The SMILES string of the molecule is O=C(CCN1C(=O)c2ccccc2S1(=O)=O)Nc1nc2ccccc2s1. The van der Waals surface area contributed by atoms with Gasteiger partial charge in [-0.2, -0.15) is 0 Å². The van der Waals surface area contributed by atoms with Crippen molar-refractivity contribution in [2.45, 2.75) is 11.3 Å². The Balaban J connectivity index is 1.46. The third-order valence-electron chi connectivity index (χ3n) is 3.99. The molecule has 0 fully saturated rings. The number of hydrogen-bond donors (Lipinski definition) is 1. The summed E-state index contributed by atoms with van der Waals surface area (Å²) in [6.45, 7) is -0.216. The van der Waals surface area contributed by atoms with E-state index in [1.165, 1.54) is 23.5 Å². The number of sulfonamides is 1. The summed E-state index contributed by atoms with van der Waals surface area (Å²) in [7, 11) is -3.89. The summed E-state index contributed by atoms with van der Waals surface area (Å²) in [5.74, 6) is -1.00. The van der Waals surface area contributed by atoms with Gasteiger partial charge >= 0.3 is 0 Å². The van der Waals surface area contributed by atoms with Crippen LogP contribution in [-0.4, -0.2) is 36.1 Å². The first-order valence-corrected chi connectivity index (χ1v) is 10.0. The molecule has 0 spiro atoms. The topological polar surface area (TPSA) is 96.4 Å². The van der Waals surface area contributed by atoms with Crippen molar-refractivity contribution in [1.82, 2.24) is 9.29 Å². The molecule has 0 saturated heterocycles. The number of anilines is 1. The minimum atomic E-state index is -3.89. The van der Waals surface area contributed by atoms with Crippen molar-refractivity contribution >= 4 is 48.5 Å². The normalized spacial score (nSPS) is 15.2. The van der Waals surface area contributed by atoms with E-state index < -0.39 is 21.8 Å². The second-order valence-corrected chi connectivity index (χ2v) is 8.52. The van der Waals surface area contributed by atoms with E-state index in [9.17, 15) is 18.0 Å². The van der Waals surface area contributed by atoms with Gasteiger partial charge in [0.2, 0.25) is 5.91 Å². The second-order valence-electron chi connectivity index (χ2n) is 5.66. The fourth-order valence-electron chi connectivity index (χ4n) is 2.76. The number of fused-ring (bicyclic) bond motifs is 2. The first kappa shape index (κ1) is 16.7. The highest BCUT2D eigenvalue weighted by molar-refractivity contribution is 7.90. The summed E-state index contributed by atoms with van der Waals surface area (Å²) in [5, 5.41) is 3.09. The Morgan fingerprint density at radius 1 is 1.12 bits per heavy atom. The van der Waals surface area contributed by atoms with E-state index >= 15 is 0 Å². The van der Waals surface area contributed by atoms with Crippen LogP contribution in [0.3, 0.4) is 0 Å². The van der Waals surface area contributed by atoms with Crippen molar-refractivity contribution in [2.24, 2.45) is 0 Å². The second kappa shape index (κ2) is 6.19. The number of thiazole rings is 1. The molecular formula is C17H13N3O4S2. The Kier molecular flexibility index (Phi) is 3.97. The van der Waals surface area contributed by atoms with Gasteiger partial charge in [-0.3, -0.25) is 9.59 Å². The maximum atomic E-state index is 12.4. The molecule has 1 aromatic heterocycles. The molecule has 26 heavy (non-hydrogen) atoms. The van der Waals surface area contributed by atoms with Crippen LogP contribution in [0.5, 0.6) is 0 Å². The zero-order valence-electron chi connectivity index (χ0n) is 13.4. The lowest BCUT2D eigenvalue weighted by Gasteiger charge is -2.14. The van der Waals surface area contributed by atoms with Crippen LogP contribution in [0, 0.1) is 0 Å². The molecule has 1 aliphatic rings. The third-order valence-corrected chi connectivity index (χ3v) is 6.79. The molecule has 9 heteroatoms. The number of nitrogens with zero attached hydrogens (tertiary/aromatic N) is 2. The van der Waals surface area contributed by atoms with Gasteiger partial charge in [0.1, 0.15) is 4.90 Å². The zero-order chi connectivity index (χ0) is 18.3. The molecule has 1 aliphatic heterocycles.